The normalized spacial score (nSPS) is 17.3. The molecule has 0 aliphatic carbocycles. The maximum Gasteiger partial charge on any atom is 0.317 e. The lowest BCUT2D eigenvalue weighted by molar-refractivity contribution is 0.199. The van der Waals surface area contributed by atoms with Gasteiger partial charge in [0.1, 0.15) is 5.82 Å². The summed E-state index contributed by atoms with van der Waals surface area (Å²) < 4.78 is 1.74. The van der Waals surface area contributed by atoms with Gasteiger partial charge in [-0.3, -0.25) is 4.68 Å². The minimum absolute atomic E-state index is 0.00324. The molecule has 146 valence electrons. The van der Waals surface area contributed by atoms with Crippen molar-refractivity contribution in [3.05, 3.63) is 36.3 Å². The third kappa shape index (κ3) is 5.35. The van der Waals surface area contributed by atoms with E-state index >= 15 is 0 Å². The van der Waals surface area contributed by atoms with Crippen LogP contribution in [-0.4, -0.2) is 58.9 Å². The van der Waals surface area contributed by atoms with Crippen LogP contribution in [0.1, 0.15) is 24.8 Å². The van der Waals surface area contributed by atoms with Crippen LogP contribution >= 0.6 is 0 Å². The second-order valence-electron chi connectivity index (χ2n) is 7.24. The number of carbonyl (C=O) groups excluding carboxylic acids is 1. The van der Waals surface area contributed by atoms with Gasteiger partial charge in [0.2, 0.25) is 0 Å². The van der Waals surface area contributed by atoms with E-state index in [0.29, 0.717) is 12.6 Å². The zero-order chi connectivity index (χ0) is 19.2. The molecule has 2 aromatic rings. The van der Waals surface area contributed by atoms with Crippen LogP contribution in [0.2, 0.25) is 0 Å². The second-order valence-corrected chi connectivity index (χ2v) is 7.24. The molecule has 1 aliphatic heterocycles. The molecule has 0 radical (unpaired) electrons. The molecule has 0 spiro atoms. The summed E-state index contributed by atoms with van der Waals surface area (Å²) in [6.07, 6.45) is 8.52. The quantitative estimate of drug-likeness (QED) is 0.841. The van der Waals surface area contributed by atoms with E-state index in [0.717, 1.165) is 49.4 Å². The molecule has 3 heterocycles. The molecule has 3 rings (SSSR count). The predicted molar refractivity (Wildman–Crippen MR) is 107 cm³/mol. The number of aryl methyl sites for hydroxylation is 1. The van der Waals surface area contributed by atoms with Crippen molar-refractivity contribution in [1.82, 2.24) is 25.0 Å². The highest BCUT2D eigenvalue weighted by Gasteiger charge is 2.20. The first-order chi connectivity index (χ1) is 13.0. The average molecular weight is 371 g/mol. The number of hydrogen-bond donors (Lipinski definition) is 2. The van der Waals surface area contributed by atoms with Crippen molar-refractivity contribution in [2.24, 2.45) is 7.05 Å². The average Bonchev–Trinajstić information content (AvgIpc) is 2.93. The summed E-state index contributed by atoms with van der Waals surface area (Å²) >= 11 is 0. The van der Waals surface area contributed by atoms with Crippen molar-refractivity contribution >= 4 is 17.5 Å². The fourth-order valence-electron chi connectivity index (χ4n) is 3.27. The molecule has 8 heteroatoms. The molecule has 2 amide bonds. The van der Waals surface area contributed by atoms with E-state index in [1.807, 2.05) is 49.4 Å². The van der Waals surface area contributed by atoms with Crippen molar-refractivity contribution in [3.8, 4) is 0 Å². The third-order valence-corrected chi connectivity index (χ3v) is 4.79. The number of carbonyl (C=O) groups is 1. The van der Waals surface area contributed by atoms with Crippen LogP contribution in [0.25, 0.3) is 0 Å². The number of amides is 2. The first-order valence-corrected chi connectivity index (χ1v) is 9.41. The number of nitrogens with one attached hydrogen (secondary N) is 2. The minimum Gasteiger partial charge on any atom is -0.381 e. The number of rotatable bonds is 5. The summed E-state index contributed by atoms with van der Waals surface area (Å²) in [5.74, 6) is 0.942. The molecule has 0 bridgehead atoms. The monoisotopic (exact) mass is 371 g/mol. The molecule has 0 saturated carbocycles. The van der Waals surface area contributed by atoms with E-state index in [1.54, 1.807) is 10.9 Å². The van der Waals surface area contributed by atoms with Gasteiger partial charge in [-0.15, -0.1) is 0 Å². The van der Waals surface area contributed by atoms with Crippen molar-refractivity contribution in [1.29, 1.82) is 0 Å². The van der Waals surface area contributed by atoms with Crippen LogP contribution in [0.5, 0.6) is 0 Å². The Morgan fingerprint density at radius 1 is 1.26 bits per heavy atom. The summed E-state index contributed by atoms with van der Waals surface area (Å²) in [6, 6.07) is 4.42. The van der Waals surface area contributed by atoms with Gasteiger partial charge in [-0.25, -0.2) is 9.78 Å². The molecular weight excluding hydrogens is 342 g/mol. The van der Waals surface area contributed by atoms with Gasteiger partial charge in [0, 0.05) is 58.6 Å². The van der Waals surface area contributed by atoms with Crippen molar-refractivity contribution in [3.63, 3.8) is 0 Å². The number of pyridine rings is 1. The molecule has 27 heavy (non-hydrogen) atoms. The number of hydrogen-bond acceptors (Lipinski definition) is 5. The summed E-state index contributed by atoms with van der Waals surface area (Å²) in [4.78, 5) is 20.8. The molecule has 2 N–H and O–H groups in total. The van der Waals surface area contributed by atoms with Crippen molar-refractivity contribution in [2.75, 3.05) is 37.4 Å². The summed E-state index contributed by atoms with van der Waals surface area (Å²) in [5.41, 5.74) is 2.04. The Morgan fingerprint density at radius 2 is 2.11 bits per heavy atom. The Hall–Kier alpha value is -2.77. The fourth-order valence-corrected chi connectivity index (χ4v) is 3.27. The molecule has 1 aliphatic rings. The third-order valence-electron chi connectivity index (χ3n) is 4.79. The lowest BCUT2D eigenvalue weighted by Gasteiger charge is -2.21. The van der Waals surface area contributed by atoms with Crippen molar-refractivity contribution in [2.45, 2.75) is 31.8 Å². The van der Waals surface area contributed by atoms with E-state index in [-0.39, 0.29) is 6.03 Å². The number of urea groups is 1. The minimum atomic E-state index is -0.00324. The Morgan fingerprint density at radius 3 is 2.78 bits per heavy atom. The van der Waals surface area contributed by atoms with E-state index in [9.17, 15) is 4.79 Å². The van der Waals surface area contributed by atoms with Gasteiger partial charge < -0.3 is 20.4 Å². The molecule has 8 nitrogen and oxygen atoms in total. The number of anilines is 2. The van der Waals surface area contributed by atoms with Crippen LogP contribution in [0.3, 0.4) is 0 Å². The first kappa shape index (κ1) is 19.0. The van der Waals surface area contributed by atoms with Crippen LogP contribution in [-0.2, 0) is 13.6 Å². The number of aromatic nitrogens is 3. The van der Waals surface area contributed by atoms with E-state index in [2.05, 4.69) is 26.8 Å². The maximum atomic E-state index is 12.4. The molecule has 1 atom stereocenters. The molecular formula is C19H29N7O. The zero-order valence-corrected chi connectivity index (χ0v) is 16.4. The Balaban J connectivity index is 1.47. The summed E-state index contributed by atoms with van der Waals surface area (Å²) in [5, 5.41) is 10.7. The molecule has 2 aromatic heterocycles. The van der Waals surface area contributed by atoms with Gasteiger partial charge in [0.05, 0.1) is 18.1 Å². The lowest BCUT2D eigenvalue weighted by atomic mass is 10.1. The van der Waals surface area contributed by atoms with Crippen molar-refractivity contribution < 1.29 is 4.79 Å². The van der Waals surface area contributed by atoms with E-state index < -0.39 is 0 Å². The van der Waals surface area contributed by atoms with Gasteiger partial charge in [-0.1, -0.05) is 0 Å². The number of likely N-dealkylation sites (tertiary alicyclic amines) is 1. The number of nitrogens with zero attached hydrogens (tertiary/aromatic N) is 5. The SMILES string of the molecule is CN(C)c1ccc(N[C@@H]2CCCN(C(=O)NCc3cnn(C)c3)CC2)cn1. The van der Waals surface area contributed by atoms with Gasteiger partial charge in [-0.05, 0) is 31.4 Å². The Labute approximate surface area is 160 Å². The van der Waals surface area contributed by atoms with Gasteiger partial charge in [-0.2, -0.15) is 5.10 Å². The standard InChI is InChI=1S/C19H29N7O/c1-24(2)18-7-6-17(13-20-18)23-16-5-4-9-26(10-8-16)19(27)21-11-15-12-22-25(3)14-15/h6-7,12-14,16,23H,4-5,8-11H2,1-3H3,(H,21,27)/t16-/m1/s1. The fraction of sp³-hybridized carbons (Fsp3) is 0.526. The van der Waals surface area contributed by atoms with Crippen LogP contribution < -0.4 is 15.5 Å². The van der Waals surface area contributed by atoms with Crippen LogP contribution in [0, 0.1) is 0 Å². The Bertz CT molecular complexity index is 741. The summed E-state index contributed by atoms with van der Waals surface area (Å²) in [6.45, 7) is 2.05. The largest absolute Gasteiger partial charge is 0.381 e. The van der Waals surface area contributed by atoms with Crippen LogP contribution in [0.4, 0.5) is 16.3 Å². The van der Waals surface area contributed by atoms with Gasteiger partial charge in [0.15, 0.2) is 0 Å². The molecule has 0 aromatic carbocycles. The molecule has 1 saturated heterocycles. The highest BCUT2D eigenvalue weighted by atomic mass is 16.2. The van der Waals surface area contributed by atoms with E-state index in [4.69, 9.17) is 0 Å². The first-order valence-electron chi connectivity index (χ1n) is 9.41. The molecule has 0 unspecified atom stereocenters. The summed E-state index contributed by atoms with van der Waals surface area (Å²) in [7, 11) is 5.83. The predicted octanol–water partition coefficient (Wildman–Crippen LogP) is 2.06. The topological polar surface area (TPSA) is 78.3 Å². The Kier molecular flexibility index (Phi) is 6.16. The van der Waals surface area contributed by atoms with Crippen LogP contribution in [0.15, 0.2) is 30.7 Å². The smallest absolute Gasteiger partial charge is 0.317 e. The van der Waals surface area contributed by atoms with E-state index in [1.165, 1.54) is 0 Å². The lowest BCUT2D eigenvalue weighted by Crippen LogP contribution is -2.40. The van der Waals surface area contributed by atoms with Gasteiger partial charge >= 0.3 is 6.03 Å². The van der Waals surface area contributed by atoms with Gasteiger partial charge in [0.25, 0.3) is 0 Å². The second kappa shape index (κ2) is 8.75. The highest BCUT2D eigenvalue weighted by Crippen LogP contribution is 2.18. The molecule has 1 fully saturated rings. The highest BCUT2D eigenvalue weighted by molar-refractivity contribution is 5.74. The zero-order valence-electron chi connectivity index (χ0n) is 16.4. The maximum absolute atomic E-state index is 12.4.